The molecule has 1 aromatic heterocycles. The first-order valence-corrected chi connectivity index (χ1v) is 8.18. The number of halogens is 1. The van der Waals surface area contributed by atoms with Crippen molar-refractivity contribution in [2.45, 2.75) is 26.3 Å². The summed E-state index contributed by atoms with van der Waals surface area (Å²) in [7, 11) is 0. The van der Waals surface area contributed by atoms with Gasteiger partial charge in [0.2, 0.25) is 0 Å². The number of nitrogens with one attached hydrogen (secondary N) is 1. The van der Waals surface area contributed by atoms with Crippen LogP contribution in [0, 0.1) is 12.3 Å². The Balaban J connectivity index is 0.00000156. The van der Waals surface area contributed by atoms with E-state index < -0.39 is 0 Å². The van der Waals surface area contributed by atoms with Gasteiger partial charge in [-0.25, -0.2) is 0 Å². The molecule has 2 aliphatic rings. The maximum absolute atomic E-state index is 5.56. The summed E-state index contributed by atoms with van der Waals surface area (Å²) in [4.78, 5) is 2.51. The molecule has 1 N–H and O–H groups in total. The van der Waals surface area contributed by atoms with Crippen molar-refractivity contribution in [3.63, 3.8) is 0 Å². The van der Waals surface area contributed by atoms with Crippen LogP contribution in [-0.4, -0.2) is 36.2 Å². The highest BCUT2D eigenvalue weighted by Gasteiger charge is 2.40. The minimum atomic E-state index is 0. The van der Waals surface area contributed by atoms with E-state index in [2.05, 4.69) is 52.6 Å². The van der Waals surface area contributed by atoms with Gasteiger partial charge in [-0.2, -0.15) is 0 Å². The number of aryl methyl sites for hydroxylation is 1. The van der Waals surface area contributed by atoms with Gasteiger partial charge in [-0.3, -0.25) is 4.90 Å². The Morgan fingerprint density at radius 3 is 2.83 bits per heavy atom. The van der Waals surface area contributed by atoms with Crippen molar-refractivity contribution in [2.24, 2.45) is 5.41 Å². The minimum Gasteiger partial charge on any atom is -0.359 e. The lowest BCUT2D eigenvalue weighted by atomic mass is 9.87. The lowest BCUT2D eigenvalue weighted by molar-refractivity contribution is 0.240. The predicted molar refractivity (Wildman–Crippen MR) is 93.7 cm³/mol. The molecular formula is C18H24ClN3O. The van der Waals surface area contributed by atoms with Crippen molar-refractivity contribution in [1.82, 2.24) is 15.4 Å². The molecule has 1 atom stereocenters. The first-order valence-electron chi connectivity index (χ1n) is 8.18. The second-order valence-corrected chi connectivity index (χ2v) is 6.93. The second kappa shape index (κ2) is 6.63. The molecule has 0 saturated carbocycles. The van der Waals surface area contributed by atoms with Crippen molar-refractivity contribution in [2.75, 3.05) is 26.2 Å². The van der Waals surface area contributed by atoms with Crippen LogP contribution >= 0.6 is 12.4 Å². The molecule has 2 aromatic rings. The van der Waals surface area contributed by atoms with E-state index in [0.29, 0.717) is 5.41 Å². The lowest BCUT2D eigenvalue weighted by Gasteiger charge is -2.22. The van der Waals surface area contributed by atoms with E-state index in [-0.39, 0.29) is 12.4 Å². The molecule has 3 heterocycles. The van der Waals surface area contributed by atoms with Crippen LogP contribution in [0.3, 0.4) is 0 Å². The standard InChI is InChI=1S/C18H23N3O.ClH/c1-14-2-4-15(5-3-14)17-10-16(22-20-17)11-21-9-7-18(13-21)6-8-19-12-18;/h2-5,10,19H,6-9,11-13H2,1H3;1H. The molecule has 5 heteroatoms. The third kappa shape index (κ3) is 3.44. The summed E-state index contributed by atoms with van der Waals surface area (Å²) in [5.74, 6) is 0.971. The highest BCUT2D eigenvalue weighted by atomic mass is 35.5. The van der Waals surface area contributed by atoms with E-state index in [1.807, 2.05) is 0 Å². The monoisotopic (exact) mass is 333 g/mol. The van der Waals surface area contributed by atoms with Crippen LogP contribution in [0.2, 0.25) is 0 Å². The summed E-state index contributed by atoms with van der Waals surface area (Å²) in [6.07, 6.45) is 2.62. The number of hydrogen-bond acceptors (Lipinski definition) is 4. The number of hydrogen-bond donors (Lipinski definition) is 1. The Morgan fingerprint density at radius 1 is 1.26 bits per heavy atom. The van der Waals surface area contributed by atoms with E-state index in [0.717, 1.165) is 23.6 Å². The first-order chi connectivity index (χ1) is 10.7. The van der Waals surface area contributed by atoms with Crippen LogP contribution < -0.4 is 5.32 Å². The third-order valence-electron chi connectivity index (χ3n) is 5.14. The fourth-order valence-electron chi connectivity index (χ4n) is 3.77. The molecule has 0 radical (unpaired) electrons. The largest absolute Gasteiger partial charge is 0.359 e. The molecule has 2 fully saturated rings. The van der Waals surface area contributed by atoms with Gasteiger partial charge >= 0.3 is 0 Å². The van der Waals surface area contributed by atoms with Crippen molar-refractivity contribution in [3.05, 3.63) is 41.7 Å². The topological polar surface area (TPSA) is 41.3 Å². The smallest absolute Gasteiger partial charge is 0.151 e. The number of nitrogens with zero attached hydrogens (tertiary/aromatic N) is 2. The van der Waals surface area contributed by atoms with Crippen molar-refractivity contribution in [3.8, 4) is 11.3 Å². The Bertz CT molecular complexity index is 647. The predicted octanol–water partition coefficient (Wildman–Crippen LogP) is 3.26. The fourth-order valence-corrected chi connectivity index (χ4v) is 3.77. The normalized spacial score (nSPS) is 24.2. The summed E-state index contributed by atoms with van der Waals surface area (Å²) >= 11 is 0. The van der Waals surface area contributed by atoms with Crippen LogP contribution in [0.15, 0.2) is 34.9 Å². The van der Waals surface area contributed by atoms with Crippen LogP contribution in [0.1, 0.15) is 24.2 Å². The van der Waals surface area contributed by atoms with Gasteiger partial charge < -0.3 is 9.84 Å². The summed E-state index contributed by atoms with van der Waals surface area (Å²) < 4.78 is 5.56. The lowest BCUT2D eigenvalue weighted by Crippen LogP contribution is -2.28. The van der Waals surface area contributed by atoms with Gasteiger partial charge in [0, 0.05) is 24.7 Å². The van der Waals surface area contributed by atoms with Gasteiger partial charge in [0.1, 0.15) is 5.69 Å². The molecule has 23 heavy (non-hydrogen) atoms. The van der Waals surface area contributed by atoms with Crippen molar-refractivity contribution < 1.29 is 4.52 Å². The molecule has 4 nitrogen and oxygen atoms in total. The molecule has 0 amide bonds. The summed E-state index contributed by atoms with van der Waals surface area (Å²) in [6.45, 7) is 7.67. The third-order valence-corrected chi connectivity index (χ3v) is 5.14. The highest BCUT2D eigenvalue weighted by molar-refractivity contribution is 5.85. The molecule has 2 aliphatic heterocycles. The SMILES string of the molecule is Cc1ccc(-c2cc(CN3CCC4(CCNC4)C3)on2)cc1.Cl. The van der Waals surface area contributed by atoms with Gasteiger partial charge in [-0.15, -0.1) is 12.4 Å². The number of benzene rings is 1. The molecule has 2 saturated heterocycles. The van der Waals surface area contributed by atoms with E-state index in [4.69, 9.17) is 4.52 Å². The zero-order valence-corrected chi connectivity index (χ0v) is 14.4. The summed E-state index contributed by atoms with van der Waals surface area (Å²) in [5.41, 5.74) is 3.84. The van der Waals surface area contributed by atoms with Crippen LogP contribution in [0.5, 0.6) is 0 Å². The van der Waals surface area contributed by atoms with Gasteiger partial charge in [0.15, 0.2) is 5.76 Å². The van der Waals surface area contributed by atoms with Crippen LogP contribution in [0.25, 0.3) is 11.3 Å². The average molecular weight is 334 g/mol. The summed E-state index contributed by atoms with van der Waals surface area (Å²) in [6, 6.07) is 10.5. The minimum absolute atomic E-state index is 0. The van der Waals surface area contributed by atoms with Crippen LogP contribution in [0.4, 0.5) is 0 Å². The molecule has 1 aromatic carbocycles. The molecule has 1 unspecified atom stereocenters. The number of likely N-dealkylation sites (tertiary alicyclic amines) is 1. The number of aromatic nitrogens is 1. The van der Waals surface area contributed by atoms with Crippen molar-refractivity contribution >= 4 is 12.4 Å². The molecule has 1 spiro atoms. The molecule has 0 aliphatic carbocycles. The maximum atomic E-state index is 5.56. The van der Waals surface area contributed by atoms with Gasteiger partial charge in [-0.1, -0.05) is 35.0 Å². The molecular weight excluding hydrogens is 310 g/mol. The van der Waals surface area contributed by atoms with Crippen LogP contribution in [-0.2, 0) is 6.54 Å². The Kier molecular flexibility index (Phi) is 4.76. The van der Waals surface area contributed by atoms with Gasteiger partial charge in [0.05, 0.1) is 6.54 Å². The van der Waals surface area contributed by atoms with Crippen molar-refractivity contribution in [1.29, 1.82) is 0 Å². The van der Waals surface area contributed by atoms with Gasteiger partial charge in [-0.05, 0) is 38.3 Å². The van der Waals surface area contributed by atoms with E-state index in [1.165, 1.54) is 44.6 Å². The van der Waals surface area contributed by atoms with E-state index in [9.17, 15) is 0 Å². The van der Waals surface area contributed by atoms with E-state index >= 15 is 0 Å². The average Bonchev–Trinajstić information content (AvgIpc) is 3.24. The summed E-state index contributed by atoms with van der Waals surface area (Å²) in [5, 5.41) is 7.74. The first kappa shape index (κ1) is 16.5. The zero-order valence-electron chi connectivity index (χ0n) is 13.5. The molecule has 0 bridgehead atoms. The number of rotatable bonds is 3. The Morgan fingerprint density at radius 2 is 2.09 bits per heavy atom. The molecule has 4 rings (SSSR count). The second-order valence-electron chi connectivity index (χ2n) is 6.93. The maximum Gasteiger partial charge on any atom is 0.151 e. The molecule has 124 valence electrons. The van der Waals surface area contributed by atoms with Gasteiger partial charge in [0.25, 0.3) is 0 Å². The fraction of sp³-hybridized carbons (Fsp3) is 0.500. The Hall–Kier alpha value is -1.36. The zero-order chi connectivity index (χ0) is 15.0. The van der Waals surface area contributed by atoms with E-state index in [1.54, 1.807) is 0 Å². The Labute approximate surface area is 143 Å². The highest BCUT2D eigenvalue weighted by Crippen LogP contribution is 2.36. The quantitative estimate of drug-likeness (QED) is 0.936.